The van der Waals surface area contributed by atoms with Gasteiger partial charge in [-0.05, 0) is 31.5 Å². The molecule has 1 rings (SSSR count). The van der Waals surface area contributed by atoms with Crippen LogP contribution in [0.15, 0.2) is 12.1 Å². The minimum Gasteiger partial charge on any atom is -0.310 e. The predicted octanol–water partition coefficient (Wildman–Crippen LogP) is 5.67. The van der Waals surface area contributed by atoms with Crippen LogP contribution < -0.4 is 5.32 Å². The zero-order valence-electron chi connectivity index (χ0n) is 13.6. The normalized spacial score (nSPS) is 12.6. The summed E-state index contributed by atoms with van der Waals surface area (Å²) in [6.45, 7) is 6.57. The number of benzene rings is 1. The van der Waals surface area contributed by atoms with Gasteiger partial charge in [0.05, 0.1) is 0 Å². The van der Waals surface area contributed by atoms with Crippen LogP contribution in [-0.4, -0.2) is 6.54 Å². The van der Waals surface area contributed by atoms with Gasteiger partial charge in [0, 0.05) is 11.6 Å². The fourth-order valence-corrected chi connectivity index (χ4v) is 2.72. The van der Waals surface area contributed by atoms with Crippen LogP contribution in [0.3, 0.4) is 0 Å². The van der Waals surface area contributed by atoms with Crippen molar-refractivity contribution in [2.24, 2.45) is 0 Å². The van der Waals surface area contributed by atoms with Crippen molar-refractivity contribution < 1.29 is 8.78 Å². The van der Waals surface area contributed by atoms with Crippen molar-refractivity contribution in [3.8, 4) is 0 Å². The Morgan fingerprint density at radius 2 is 1.67 bits per heavy atom. The molecule has 0 aliphatic rings. The Balaban J connectivity index is 2.63. The fourth-order valence-electron chi connectivity index (χ4n) is 2.72. The maximum Gasteiger partial charge on any atom is 0.133 e. The zero-order chi connectivity index (χ0) is 15.7. The summed E-state index contributed by atoms with van der Waals surface area (Å²) in [4.78, 5) is 0. The molecule has 0 bridgehead atoms. The molecule has 21 heavy (non-hydrogen) atoms. The van der Waals surface area contributed by atoms with E-state index in [4.69, 9.17) is 0 Å². The zero-order valence-corrected chi connectivity index (χ0v) is 13.6. The van der Waals surface area contributed by atoms with Crippen LogP contribution in [0.25, 0.3) is 0 Å². The molecule has 1 N–H and O–H groups in total. The summed E-state index contributed by atoms with van der Waals surface area (Å²) in [5, 5.41) is 3.23. The van der Waals surface area contributed by atoms with E-state index >= 15 is 0 Å². The van der Waals surface area contributed by atoms with E-state index in [1.54, 1.807) is 6.92 Å². The van der Waals surface area contributed by atoms with Crippen molar-refractivity contribution in [1.82, 2.24) is 5.32 Å². The average molecular weight is 297 g/mol. The summed E-state index contributed by atoms with van der Waals surface area (Å²) in [7, 11) is 0. The molecule has 1 unspecified atom stereocenters. The van der Waals surface area contributed by atoms with Gasteiger partial charge >= 0.3 is 0 Å². The lowest BCUT2D eigenvalue weighted by Gasteiger charge is -2.20. The Bertz CT molecular complexity index is 418. The molecular formula is C18H29F2N. The first-order valence-corrected chi connectivity index (χ1v) is 8.29. The maximum atomic E-state index is 14.2. The Labute approximate surface area is 128 Å². The van der Waals surface area contributed by atoms with Gasteiger partial charge in [-0.25, -0.2) is 8.78 Å². The predicted molar refractivity (Wildman–Crippen MR) is 85.5 cm³/mol. The van der Waals surface area contributed by atoms with Gasteiger partial charge in [-0.3, -0.25) is 0 Å². The van der Waals surface area contributed by atoms with Gasteiger partial charge in [0.2, 0.25) is 0 Å². The van der Waals surface area contributed by atoms with Crippen molar-refractivity contribution in [1.29, 1.82) is 0 Å². The standard InChI is InChI=1S/C18H29F2N/c1-4-6-7-8-9-10-11-16(21-5-2)17-15(19)13-12-14(3)18(17)20/h12-13,16,21H,4-11H2,1-3H3. The molecular weight excluding hydrogens is 268 g/mol. The topological polar surface area (TPSA) is 12.0 Å². The van der Waals surface area contributed by atoms with Gasteiger partial charge in [0.25, 0.3) is 0 Å². The molecule has 0 aromatic heterocycles. The lowest BCUT2D eigenvalue weighted by molar-refractivity contribution is 0.433. The summed E-state index contributed by atoms with van der Waals surface area (Å²) in [5.41, 5.74) is 0.725. The Hall–Kier alpha value is -0.960. The molecule has 120 valence electrons. The fraction of sp³-hybridized carbons (Fsp3) is 0.667. The highest BCUT2D eigenvalue weighted by Crippen LogP contribution is 2.27. The van der Waals surface area contributed by atoms with Crippen LogP contribution in [0.4, 0.5) is 8.78 Å². The molecule has 0 amide bonds. The number of aryl methyl sites for hydroxylation is 1. The highest BCUT2D eigenvalue weighted by molar-refractivity contribution is 5.29. The van der Waals surface area contributed by atoms with E-state index in [2.05, 4.69) is 12.2 Å². The van der Waals surface area contributed by atoms with Crippen LogP contribution in [0.5, 0.6) is 0 Å². The third-order valence-electron chi connectivity index (χ3n) is 3.96. The molecule has 1 atom stereocenters. The maximum absolute atomic E-state index is 14.2. The van der Waals surface area contributed by atoms with E-state index in [1.807, 2.05) is 6.92 Å². The van der Waals surface area contributed by atoms with Gasteiger partial charge < -0.3 is 5.32 Å². The molecule has 1 nitrogen and oxygen atoms in total. The number of halogens is 2. The van der Waals surface area contributed by atoms with Crippen LogP contribution in [0, 0.1) is 18.6 Å². The number of unbranched alkanes of at least 4 members (excludes halogenated alkanes) is 5. The lowest BCUT2D eigenvalue weighted by atomic mass is 9.97. The van der Waals surface area contributed by atoms with Gasteiger partial charge in [0.1, 0.15) is 11.6 Å². The summed E-state index contributed by atoms with van der Waals surface area (Å²) in [5.74, 6) is -0.832. The van der Waals surface area contributed by atoms with Gasteiger partial charge in [0.15, 0.2) is 0 Å². The summed E-state index contributed by atoms with van der Waals surface area (Å²) < 4.78 is 28.2. The van der Waals surface area contributed by atoms with Crippen molar-refractivity contribution in [3.63, 3.8) is 0 Å². The molecule has 0 aliphatic heterocycles. The van der Waals surface area contributed by atoms with Gasteiger partial charge in [-0.1, -0.05) is 58.4 Å². The van der Waals surface area contributed by atoms with E-state index < -0.39 is 11.6 Å². The number of hydrogen-bond acceptors (Lipinski definition) is 1. The van der Waals surface area contributed by atoms with Crippen molar-refractivity contribution >= 4 is 0 Å². The van der Waals surface area contributed by atoms with E-state index in [0.717, 1.165) is 19.3 Å². The molecule has 0 fully saturated rings. The van der Waals surface area contributed by atoms with Crippen LogP contribution in [-0.2, 0) is 0 Å². The third-order valence-corrected chi connectivity index (χ3v) is 3.96. The second-order valence-corrected chi connectivity index (χ2v) is 5.76. The second-order valence-electron chi connectivity index (χ2n) is 5.76. The second kappa shape index (κ2) is 9.88. The molecule has 0 aliphatic carbocycles. The molecule has 0 saturated carbocycles. The van der Waals surface area contributed by atoms with E-state index in [-0.39, 0.29) is 11.6 Å². The van der Waals surface area contributed by atoms with Crippen LogP contribution >= 0.6 is 0 Å². The Morgan fingerprint density at radius 1 is 1.00 bits per heavy atom. The molecule has 0 heterocycles. The first kappa shape index (κ1) is 18.1. The highest BCUT2D eigenvalue weighted by atomic mass is 19.1. The van der Waals surface area contributed by atoms with Crippen LogP contribution in [0.2, 0.25) is 0 Å². The van der Waals surface area contributed by atoms with Crippen molar-refractivity contribution in [2.75, 3.05) is 6.54 Å². The first-order chi connectivity index (χ1) is 10.1. The Morgan fingerprint density at radius 3 is 2.33 bits per heavy atom. The molecule has 1 aromatic carbocycles. The SMILES string of the molecule is CCCCCCCCC(NCC)c1c(F)ccc(C)c1F. The summed E-state index contributed by atoms with van der Waals surface area (Å²) in [6, 6.07) is 2.66. The number of hydrogen-bond donors (Lipinski definition) is 1. The van der Waals surface area contributed by atoms with E-state index in [0.29, 0.717) is 12.1 Å². The van der Waals surface area contributed by atoms with Crippen molar-refractivity contribution in [3.05, 3.63) is 34.9 Å². The summed E-state index contributed by atoms with van der Waals surface area (Å²) >= 11 is 0. The number of nitrogens with one attached hydrogen (secondary N) is 1. The Kier molecular flexibility index (Phi) is 8.51. The van der Waals surface area contributed by atoms with E-state index in [1.165, 1.54) is 37.8 Å². The molecule has 0 saturated heterocycles. The lowest BCUT2D eigenvalue weighted by Crippen LogP contribution is -2.23. The van der Waals surface area contributed by atoms with Gasteiger partial charge in [-0.2, -0.15) is 0 Å². The molecule has 0 spiro atoms. The number of rotatable bonds is 10. The van der Waals surface area contributed by atoms with Gasteiger partial charge in [-0.15, -0.1) is 0 Å². The monoisotopic (exact) mass is 297 g/mol. The minimum atomic E-state index is -0.435. The highest BCUT2D eigenvalue weighted by Gasteiger charge is 2.20. The first-order valence-electron chi connectivity index (χ1n) is 8.29. The third kappa shape index (κ3) is 5.74. The summed E-state index contributed by atoms with van der Waals surface area (Å²) in [6.07, 6.45) is 7.92. The average Bonchev–Trinajstić information content (AvgIpc) is 2.47. The smallest absolute Gasteiger partial charge is 0.133 e. The largest absolute Gasteiger partial charge is 0.310 e. The van der Waals surface area contributed by atoms with E-state index in [9.17, 15) is 8.78 Å². The van der Waals surface area contributed by atoms with Crippen molar-refractivity contribution in [2.45, 2.75) is 71.8 Å². The molecule has 3 heteroatoms. The minimum absolute atomic E-state index is 0.213. The van der Waals surface area contributed by atoms with Crippen LogP contribution in [0.1, 0.15) is 76.0 Å². The quantitative estimate of drug-likeness (QED) is 0.548. The molecule has 0 radical (unpaired) electrons. The molecule has 1 aromatic rings.